The van der Waals surface area contributed by atoms with Crippen molar-refractivity contribution in [2.45, 2.75) is 18.2 Å². The molecule has 1 aromatic heterocycles. The van der Waals surface area contributed by atoms with Gasteiger partial charge in [-0.15, -0.1) is 22.9 Å². The van der Waals surface area contributed by atoms with Gasteiger partial charge in [0.1, 0.15) is 0 Å². The van der Waals surface area contributed by atoms with E-state index in [1.165, 1.54) is 0 Å². The molecule has 1 N–H and O–H groups in total. The standard InChI is InChI=1S/C13H15ClN2O2S/c1-9(11(17)18)13(14)5-3-10(4-6-13)15-12-16(2)7-8-19-12/h3-5,7-9H,6H2,1-2H3,(H,17,18). The molecule has 1 heterocycles. The van der Waals surface area contributed by atoms with E-state index in [-0.39, 0.29) is 0 Å². The van der Waals surface area contributed by atoms with Crippen molar-refractivity contribution in [1.29, 1.82) is 0 Å². The Bertz CT molecular complexity index is 614. The van der Waals surface area contributed by atoms with Gasteiger partial charge in [0, 0.05) is 18.6 Å². The lowest BCUT2D eigenvalue weighted by Crippen LogP contribution is -2.34. The number of hydrogen-bond donors (Lipinski definition) is 1. The number of carboxylic acids is 1. The number of allylic oxidation sites excluding steroid dienone is 3. The number of hydrogen-bond acceptors (Lipinski definition) is 3. The number of halogens is 1. The largest absolute Gasteiger partial charge is 0.481 e. The normalized spacial score (nSPS) is 25.2. The van der Waals surface area contributed by atoms with Crippen molar-refractivity contribution in [2.75, 3.05) is 0 Å². The lowest BCUT2D eigenvalue weighted by atomic mass is 9.86. The predicted molar refractivity (Wildman–Crippen MR) is 76.1 cm³/mol. The van der Waals surface area contributed by atoms with Gasteiger partial charge in [0.2, 0.25) is 0 Å². The summed E-state index contributed by atoms with van der Waals surface area (Å²) in [5.74, 6) is -1.53. The number of carboxylic acid groups (broad SMARTS) is 1. The Morgan fingerprint density at radius 3 is 2.89 bits per heavy atom. The molecule has 0 fully saturated rings. The van der Waals surface area contributed by atoms with Gasteiger partial charge < -0.3 is 9.67 Å². The van der Waals surface area contributed by atoms with Crippen molar-refractivity contribution >= 4 is 28.9 Å². The van der Waals surface area contributed by atoms with Crippen LogP contribution in [-0.2, 0) is 11.8 Å². The first-order chi connectivity index (χ1) is 8.92. The minimum atomic E-state index is -0.891. The molecule has 6 heteroatoms. The monoisotopic (exact) mass is 298 g/mol. The molecule has 0 saturated heterocycles. The average Bonchev–Trinajstić information content (AvgIpc) is 2.77. The third kappa shape index (κ3) is 2.98. The smallest absolute Gasteiger partial charge is 0.308 e. The maximum absolute atomic E-state index is 11.0. The van der Waals surface area contributed by atoms with Crippen LogP contribution in [0.15, 0.2) is 40.5 Å². The van der Waals surface area contributed by atoms with Crippen molar-refractivity contribution in [2.24, 2.45) is 18.0 Å². The first-order valence-electron chi connectivity index (χ1n) is 5.88. The highest BCUT2D eigenvalue weighted by molar-refractivity contribution is 7.07. The van der Waals surface area contributed by atoms with E-state index >= 15 is 0 Å². The fraction of sp³-hybridized carbons (Fsp3) is 0.385. The number of thiazole rings is 1. The second-order valence-corrected chi connectivity index (χ2v) is 6.14. The minimum Gasteiger partial charge on any atom is -0.481 e. The number of carbonyl (C=O) groups is 1. The first-order valence-corrected chi connectivity index (χ1v) is 7.14. The van der Waals surface area contributed by atoms with Crippen LogP contribution in [0, 0.1) is 5.92 Å². The average molecular weight is 299 g/mol. The SMILES string of the molecule is CC(C(=O)O)C1(Cl)C=CC(N=c2sccn2C)=CC1. The van der Waals surface area contributed by atoms with E-state index in [2.05, 4.69) is 4.99 Å². The third-order valence-corrected chi connectivity index (χ3v) is 4.69. The molecule has 102 valence electrons. The molecule has 0 radical (unpaired) electrons. The van der Waals surface area contributed by atoms with Gasteiger partial charge in [-0.25, -0.2) is 4.99 Å². The Kier molecular flexibility index (Phi) is 3.96. The van der Waals surface area contributed by atoms with Crippen LogP contribution in [0.1, 0.15) is 13.3 Å². The van der Waals surface area contributed by atoms with E-state index in [0.717, 1.165) is 10.5 Å². The zero-order valence-corrected chi connectivity index (χ0v) is 12.3. The van der Waals surface area contributed by atoms with Crippen LogP contribution in [0.2, 0.25) is 0 Å². The van der Waals surface area contributed by atoms with Gasteiger partial charge >= 0.3 is 5.97 Å². The zero-order valence-electron chi connectivity index (χ0n) is 10.7. The fourth-order valence-electron chi connectivity index (χ4n) is 1.78. The summed E-state index contributed by atoms with van der Waals surface area (Å²) in [6.07, 6.45) is 7.81. The highest BCUT2D eigenvalue weighted by atomic mass is 35.5. The summed E-state index contributed by atoms with van der Waals surface area (Å²) >= 11 is 7.89. The van der Waals surface area contributed by atoms with Gasteiger partial charge in [0.25, 0.3) is 0 Å². The van der Waals surface area contributed by atoms with Crippen LogP contribution in [0.4, 0.5) is 0 Å². The fourth-order valence-corrected chi connectivity index (χ4v) is 2.76. The topological polar surface area (TPSA) is 54.6 Å². The second-order valence-electron chi connectivity index (χ2n) is 4.56. The van der Waals surface area contributed by atoms with Gasteiger partial charge in [0.15, 0.2) is 4.80 Å². The van der Waals surface area contributed by atoms with Gasteiger partial charge in [-0.2, -0.15) is 0 Å². The molecule has 4 nitrogen and oxygen atoms in total. The number of alkyl halides is 1. The molecule has 2 rings (SSSR count). The van der Waals surface area contributed by atoms with Crippen LogP contribution in [-0.4, -0.2) is 20.5 Å². The molecule has 0 saturated carbocycles. The Morgan fingerprint density at radius 1 is 1.68 bits per heavy atom. The Morgan fingerprint density at radius 2 is 2.42 bits per heavy atom. The summed E-state index contributed by atoms with van der Waals surface area (Å²) in [6.45, 7) is 1.62. The lowest BCUT2D eigenvalue weighted by Gasteiger charge is -2.28. The Labute approximate surface area is 120 Å². The van der Waals surface area contributed by atoms with E-state index in [9.17, 15) is 4.79 Å². The van der Waals surface area contributed by atoms with Gasteiger partial charge in [-0.1, -0.05) is 12.2 Å². The van der Waals surface area contributed by atoms with E-state index < -0.39 is 16.8 Å². The number of aromatic nitrogens is 1. The molecule has 1 aliphatic rings. The quantitative estimate of drug-likeness (QED) is 0.872. The molecule has 0 bridgehead atoms. The summed E-state index contributed by atoms with van der Waals surface area (Å²) in [6, 6.07) is 0. The molecule has 0 amide bonds. The summed E-state index contributed by atoms with van der Waals surface area (Å²) in [5, 5.41) is 11.0. The van der Waals surface area contributed by atoms with E-state index in [4.69, 9.17) is 16.7 Å². The predicted octanol–water partition coefficient (Wildman–Crippen LogP) is 2.53. The van der Waals surface area contributed by atoms with Crippen molar-refractivity contribution in [1.82, 2.24) is 4.57 Å². The highest BCUT2D eigenvalue weighted by Crippen LogP contribution is 2.35. The summed E-state index contributed by atoms with van der Waals surface area (Å²) in [7, 11) is 1.93. The Hall–Kier alpha value is -1.33. The van der Waals surface area contributed by atoms with Crippen molar-refractivity contribution in [3.05, 3.63) is 40.3 Å². The highest BCUT2D eigenvalue weighted by Gasteiger charge is 2.36. The molecule has 0 spiro atoms. The molecule has 19 heavy (non-hydrogen) atoms. The number of rotatable bonds is 3. The minimum absolute atomic E-state index is 0.465. The van der Waals surface area contributed by atoms with Crippen LogP contribution in [0.25, 0.3) is 0 Å². The first kappa shape index (κ1) is 14.1. The molecular formula is C13H15ClN2O2S. The Balaban J connectivity index is 2.21. The maximum atomic E-state index is 11.0. The van der Waals surface area contributed by atoms with Crippen LogP contribution in [0.5, 0.6) is 0 Å². The van der Waals surface area contributed by atoms with Crippen molar-refractivity contribution < 1.29 is 9.90 Å². The van der Waals surface area contributed by atoms with Gasteiger partial charge in [-0.3, -0.25) is 4.79 Å². The van der Waals surface area contributed by atoms with E-state index in [1.54, 1.807) is 30.4 Å². The molecule has 1 aromatic rings. The number of aliphatic carboxylic acids is 1. The van der Waals surface area contributed by atoms with E-state index in [0.29, 0.717) is 6.42 Å². The van der Waals surface area contributed by atoms with E-state index in [1.807, 2.05) is 29.3 Å². The number of aryl methyl sites for hydroxylation is 1. The molecule has 1 aliphatic carbocycles. The van der Waals surface area contributed by atoms with Gasteiger partial charge in [0.05, 0.1) is 16.5 Å². The second kappa shape index (κ2) is 5.35. The zero-order chi connectivity index (χ0) is 14.0. The number of nitrogens with zero attached hydrogens (tertiary/aromatic N) is 2. The van der Waals surface area contributed by atoms with Crippen molar-refractivity contribution in [3.63, 3.8) is 0 Å². The maximum Gasteiger partial charge on any atom is 0.308 e. The van der Waals surface area contributed by atoms with Crippen molar-refractivity contribution in [3.8, 4) is 0 Å². The third-order valence-electron chi connectivity index (χ3n) is 3.23. The molecule has 2 unspecified atom stereocenters. The van der Waals surface area contributed by atoms with Gasteiger partial charge in [-0.05, 0) is 19.4 Å². The lowest BCUT2D eigenvalue weighted by molar-refractivity contribution is -0.141. The van der Waals surface area contributed by atoms with Crippen LogP contribution in [0.3, 0.4) is 0 Å². The molecular weight excluding hydrogens is 284 g/mol. The summed E-state index contributed by atoms with van der Waals surface area (Å²) in [5.41, 5.74) is 0.812. The van der Waals surface area contributed by atoms with Crippen LogP contribution >= 0.6 is 22.9 Å². The summed E-state index contributed by atoms with van der Waals surface area (Å²) in [4.78, 5) is 15.6. The van der Waals surface area contributed by atoms with Crippen LogP contribution < -0.4 is 4.80 Å². The molecule has 0 aromatic carbocycles. The summed E-state index contributed by atoms with van der Waals surface area (Å²) < 4.78 is 1.93. The molecule has 2 atom stereocenters. The molecule has 0 aliphatic heterocycles.